The highest BCUT2D eigenvalue weighted by molar-refractivity contribution is 7.09. The zero-order chi connectivity index (χ0) is 12.4. The second kappa shape index (κ2) is 5.34. The van der Waals surface area contributed by atoms with Crippen molar-refractivity contribution < 1.29 is 0 Å². The number of nitrogens with one attached hydrogen (secondary N) is 1. The van der Waals surface area contributed by atoms with Crippen molar-refractivity contribution in [1.82, 2.24) is 9.36 Å². The third-order valence-electron chi connectivity index (χ3n) is 3.70. The molecule has 2 rings (SSSR count). The lowest BCUT2D eigenvalue weighted by molar-refractivity contribution is 0.276. The minimum atomic E-state index is 0.422. The summed E-state index contributed by atoms with van der Waals surface area (Å²) in [6.07, 6.45) is 3.92. The number of rotatable bonds is 3. The van der Waals surface area contributed by atoms with Crippen LogP contribution >= 0.6 is 11.5 Å². The first kappa shape index (κ1) is 12.8. The number of anilines is 1. The molecular formula is C13H23N3S. The minimum Gasteiger partial charge on any atom is -0.357 e. The lowest BCUT2D eigenvalue weighted by Crippen LogP contribution is -2.32. The summed E-state index contributed by atoms with van der Waals surface area (Å²) in [4.78, 5) is 4.55. The van der Waals surface area contributed by atoms with E-state index in [2.05, 4.69) is 42.4 Å². The highest BCUT2D eigenvalue weighted by Crippen LogP contribution is 2.31. The summed E-state index contributed by atoms with van der Waals surface area (Å²) in [5, 5.41) is 4.57. The van der Waals surface area contributed by atoms with Gasteiger partial charge in [0.1, 0.15) is 5.82 Å². The van der Waals surface area contributed by atoms with Crippen LogP contribution in [-0.4, -0.2) is 15.4 Å². The summed E-state index contributed by atoms with van der Waals surface area (Å²) < 4.78 is 4.39. The predicted octanol–water partition coefficient (Wildman–Crippen LogP) is 3.90. The van der Waals surface area contributed by atoms with E-state index in [1.165, 1.54) is 30.8 Å². The quantitative estimate of drug-likeness (QED) is 0.888. The van der Waals surface area contributed by atoms with Crippen LogP contribution in [0.1, 0.15) is 58.7 Å². The Morgan fingerprint density at radius 3 is 2.65 bits per heavy atom. The van der Waals surface area contributed by atoms with Crippen LogP contribution in [0, 0.1) is 11.8 Å². The maximum absolute atomic E-state index is 4.55. The molecule has 1 aliphatic rings. The van der Waals surface area contributed by atoms with Gasteiger partial charge in [-0.1, -0.05) is 27.7 Å². The normalized spacial score (nSPS) is 29.6. The van der Waals surface area contributed by atoms with Gasteiger partial charge in [-0.15, -0.1) is 0 Å². The van der Waals surface area contributed by atoms with Gasteiger partial charge in [-0.25, -0.2) is 4.98 Å². The minimum absolute atomic E-state index is 0.422. The monoisotopic (exact) mass is 253 g/mol. The molecule has 0 saturated heterocycles. The SMILES string of the molecule is CC1CCC(Nc2nc(C(C)C)ns2)C(C)C1. The van der Waals surface area contributed by atoms with Crippen LogP contribution in [0.2, 0.25) is 0 Å². The lowest BCUT2D eigenvalue weighted by atomic mass is 9.80. The van der Waals surface area contributed by atoms with Crippen LogP contribution in [0.15, 0.2) is 0 Å². The highest BCUT2D eigenvalue weighted by Gasteiger charge is 2.26. The van der Waals surface area contributed by atoms with Crippen LogP contribution in [0.25, 0.3) is 0 Å². The molecule has 1 saturated carbocycles. The van der Waals surface area contributed by atoms with Crippen molar-refractivity contribution in [1.29, 1.82) is 0 Å². The lowest BCUT2D eigenvalue weighted by Gasteiger charge is -2.32. The first-order valence-electron chi connectivity index (χ1n) is 6.66. The summed E-state index contributed by atoms with van der Waals surface area (Å²) in [7, 11) is 0. The van der Waals surface area contributed by atoms with Crippen LogP contribution in [0.5, 0.6) is 0 Å². The van der Waals surface area contributed by atoms with Gasteiger partial charge in [-0.05, 0) is 31.1 Å². The van der Waals surface area contributed by atoms with Gasteiger partial charge in [0.05, 0.1) is 0 Å². The average molecular weight is 253 g/mol. The molecule has 3 unspecified atom stereocenters. The Bertz CT molecular complexity index is 361. The van der Waals surface area contributed by atoms with Crippen molar-refractivity contribution in [2.75, 3.05) is 5.32 Å². The average Bonchev–Trinajstić information content (AvgIpc) is 2.71. The van der Waals surface area contributed by atoms with Crippen molar-refractivity contribution in [3.8, 4) is 0 Å². The molecule has 0 spiro atoms. The molecule has 1 aliphatic carbocycles. The number of nitrogens with zero attached hydrogens (tertiary/aromatic N) is 2. The number of hydrogen-bond donors (Lipinski definition) is 1. The molecule has 1 fully saturated rings. The molecule has 0 aliphatic heterocycles. The molecule has 0 radical (unpaired) electrons. The van der Waals surface area contributed by atoms with Gasteiger partial charge < -0.3 is 5.32 Å². The van der Waals surface area contributed by atoms with E-state index >= 15 is 0 Å². The zero-order valence-corrected chi connectivity index (χ0v) is 12.0. The number of hydrogen-bond acceptors (Lipinski definition) is 4. The van der Waals surface area contributed by atoms with E-state index in [1.54, 1.807) is 0 Å². The fourth-order valence-corrected chi connectivity index (χ4v) is 3.34. The Labute approximate surface area is 108 Å². The summed E-state index contributed by atoms with van der Waals surface area (Å²) >= 11 is 1.50. The van der Waals surface area contributed by atoms with Crippen molar-refractivity contribution in [3.63, 3.8) is 0 Å². The molecule has 17 heavy (non-hydrogen) atoms. The summed E-state index contributed by atoms with van der Waals surface area (Å²) in [5.74, 6) is 3.01. The van der Waals surface area contributed by atoms with E-state index in [-0.39, 0.29) is 0 Å². The number of aromatic nitrogens is 2. The van der Waals surface area contributed by atoms with Crippen LogP contribution < -0.4 is 5.32 Å². The maximum Gasteiger partial charge on any atom is 0.202 e. The van der Waals surface area contributed by atoms with Gasteiger partial charge in [0.2, 0.25) is 5.13 Å². The van der Waals surface area contributed by atoms with Crippen molar-refractivity contribution in [3.05, 3.63) is 5.82 Å². The van der Waals surface area contributed by atoms with Crippen molar-refractivity contribution in [2.24, 2.45) is 11.8 Å². The molecule has 3 atom stereocenters. The molecule has 0 amide bonds. The van der Waals surface area contributed by atoms with Crippen molar-refractivity contribution in [2.45, 2.75) is 58.9 Å². The Morgan fingerprint density at radius 1 is 1.29 bits per heavy atom. The zero-order valence-electron chi connectivity index (χ0n) is 11.2. The molecule has 1 aromatic rings. The van der Waals surface area contributed by atoms with Gasteiger partial charge in [0, 0.05) is 23.5 Å². The van der Waals surface area contributed by atoms with Gasteiger partial charge >= 0.3 is 0 Å². The summed E-state index contributed by atoms with van der Waals surface area (Å²) in [6, 6.07) is 0.583. The third-order valence-corrected chi connectivity index (χ3v) is 4.36. The first-order chi connectivity index (χ1) is 8.06. The van der Waals surface area contributed by atoms with E-state index in [1.807, 2.05) is 0 Å². The first-order valence-corrected chi connectivity index (χ1v) is 7.43. The Kier molecular flexibility index (Phi) is 4.02. The van der Waals surface area contributed by atoms with Crippen LogP contribution in [0.4, 0.5) is 5.13 Å². The van der Waals surface area contributed by atoms with Crippen LogP contribution in [-0.2, 0) is 0 Å². The second-order valence-corrected chi connectivity index (χ2v) is 6.51. The van der Waals surface area contributed by atoms with Crippen LogP contribution in [0.3, 0.4) is 0 Å². The Hall–Kier alpha value is -0.640. The maximum atomic E-state index is 4.55. The molecule has 0 aromatic carbocycles. The predicted molar refractivity (Wildman–Crippen MR) is 73.6 cm³/mol. The van der Waals surface area contributed by atoms with Gasteiger partial charge in [-0.3, -0.25) is 0 Å². The molecule has 96 valence electrons. The third kappa shape index (κ3) is 3.18. The smallest absolute Gasteiger partial charge is 0.202 e. The standard InChI is InChI=1S/C13H23N3S/c1-8(2)12-15-13(17-16-12)14-11-6-5-9(3)7-10(11)4/h8-11H,5-7H2,1-4H3,(H,14,15,16). The molecule has 4 heteroatoms. The molecule has 1 aromatic heterocycles. The highest BCUT2D eigenvalue weighted by atomic mass is 32.1. The van der Waals surface area contributed by atoms with Gasteiger partial charge in [0.15, 0.2) is 0 Å². The topological polar surface area (TPSA) is 37.8 Å². The molecule has 0 bridgehead atoms. The van der Waals surface area contributed by atoms with Gasteiger partial charge in [-0.2, -0.15) is 4.37 Å². The molecule has 1 N–H and O–H groups in total. The van der Waals surface area contributed by atoms with E-state index in [4.69, 9.17) is 0 Å². The van der Waals surface area contributed by atoms with E-state index in [0.29, 0.717) is 12.0 Å². The van der Waals surface area contributed by atoms with Crippen molar-refractivity contribution >= 4 is 16.7 Å². The largest absolute Gasteiger partial charge is 0.357 e. The van der Waals surface area contributed by atoms with E-state index < -0.39 is 0 Å². The van der Waals surface area contributed by atoms with E-state index in [9.17, 15) is 0 Å². The van der Waals surface area contributed by atoms with Gasteiger partial charge in [0.25, 0.3) is 0 Å². The second-order valence-electron chi connectivity index (χ2n) is 5.76. The summed E-state index contributed by atoms with van der Waals surface area (Å²) in [6.45, 7) is 8.97. The summed E-state index contributed by atoms with van der Waals surface area (Å²) in [5.41, 5.74) is 0. The fraction of sp³-hybridized carbons (Fsp3) is 0.846. The Morgan fingerprint density at radius 2 is 2.06 bits per heavy atom. The molecular weight excluding hydrogens is 230 g/mol. The Balaban J connectivity index is 1.95. The molecule has 3 nitrogen and oxygen atoms in total. The van der Waals surface area contributed by atoms with E-state index in [0.717, 1.165) is 22.8 Å². The molecule has 1 heterocycles. The fourth-order valence-electron chi connectivity index (χ4n) is 2.57.